The second kappa shape index (κ2) is 7.88. The fourth-order valence-electron chi connectivity index (χ4n) is 3.11. The second-order valence-electron chi connectivity index (χ2n) is 6.11. The Balaban J connectivity index is 1.72. The van der Waals surface area contributed by atoms with E-state index >= 15 is 0 Å². The molecule has 0 saturated heterocycles. The molecule has 3 rings (SSSR count). The first-order valence-corrected chi connectivity index (χ1v) is 8.78. The smallest absolute Gasteiger partial charge is 0.251 e. The molecule has 0 atom stereocenters. The van der Waals surface area contributed by atoms with E-state index < -0.39 is 0 Å². The maximum atomic E-state index is 13.7. The molecule has 142 valence electrons. The van der Waals surface area contributed by atoms with Crippen LogP contribution in [0.1, 0.15) is 21.6 Å². The van der Waals surface area contributed by atoms with Crippen LogP contribution in [0.25, 0.3) is 10.9 Å². The fourth-order valence-corrected chi connectivity index (χ4v) is 3.36. The van der Waals surface area contributed by atoms with Crippen molar-refractivity contribution >= 4 is 28.4 Å². The molecule has 0 unspecified atom stereocenters. The van der Waals surface area contributed by atoms with Gasteiger partial charge in [-0.1, -0.05) is 11.6 Å². The van der Waals surface area contributed by atoms with Crippen LogP contribution in [0.4, 0.5) is 4.39 Å². The first kappa shape index (κ1) is 19.0. The molecule has 2 N–H and O–H groups in total. The van der Waals surface area contributed by atoms with Crippen LogP contribution in [0.3, 0.4) is 0 Å². The van der Waals surface area contributed by atoms with E-state index in [4.69, 9.17) is 21.1 Å². The van der Waals surface area contributed by atoms with Gasteiger partial charge in [-0.05, 0) is 49.2 Å². The van der Waals surface area contributed by atoms with E-state index in [1.165, 1.54) is 26.4 Å². The molecule has 1 heterocycles. The number of hydrogen-bond acceptors (Lipinski definition) is 3. The van der Waals surface area contributed by atoms with Crippen LogP contribution < -0.4 is 14.8 Å². The summed E-state index contributed by atoms with van der Waals surface area (Å²) < 4.78 is 24.1. The van der Waals surface area contributed by atoms with Gasteiger partial charge in [-0.3, -0.25) is 4.79 Å². The van der Waals surface area contributed by atoms with Gasteiger partial charge in [0.25, 0.3) is 5.91 Å². The maximum absolute atomic E-state index is 13.7. The van der Waals surface area contributed by atoms with E-state index in [0.717, 1.165) is 16.6 Å². The molecule has 1 amide bonds. The first-order chi connectivity index (χ1) is 12.9. The largest absolute Gasteiger partial charge is 0.493 e. The fraction of sp³-hybridized carbons (Fsp3) is 0.250. The number of ether oxygens (including phenoxy) is 2. The lowest BCUT2D eigenvalue weighted by molar-refractivity contribution is 0.0953. The van der Waals surface area contributed by atoms with Crippen LogP contribution in [0.2, 0.25) is 5.02 Å². The summed E-state index contributed by atoms with van der Waals surface area (Å²) in [5.41, 5.74) is 3.01. The number of fused-ring (bicyclic) bond motifs is 1. The number of rotatable bonds is 6. The zero-order valence-corrected chi connectivity index (χ0v) is 16.0. The van der Waals surface area contributed by atoms with Crippen molar-refractivity contribution < 1.29 is 18.7 Å². The van der Waals surface area contributed by atoms with Gasteiger partial charge in [0.1, 0.15) is 5.82 Å². The first-order valence-electron chi connectivity index (χ1n) is 8.41. The third-order valence-electron chi connectivity index (χ3n) is 4.45. The Bertz CT molecular complexity index is 1000. The van der Waals surface area contributed by atoms with E-state index in [1.807, 2.05) is 6.92 Å². The highest BCUT2D eigenvalue weighted by Gasteiger charge is 2.14. The molecular weight excluding hydrogens is 371 g/mol. The van der Waals surface area contributed by atoms with Crippen molar-refractivity contribution in [2.24, 2.45) is 0 Å². The zero-order valence-electron chi connectivity index (χ0n) is 15.3. The van der Waals surface area contributed by atoms with Crippen molar-refractivity contribution in [2.75, 3.05) is 20.8 Å². The molecule has 3 aromatic rings. The summed E-state index contributed by atoms with van der Waals surface area (Å²) >= 11 is 6.10. The number of aromatic amines is 1. The molecule has 2 aromatic carbocycles. The SMILES string of the molecule is COc1ccc(C(=O)NCCc2c(C)[nH]c3c(Cl)cc(F)cc23)cc1OC. The van der Waals surface area contributed by atoms with E-state index in [-0.39, 0.29) is 11.7 Å². The number of carbonyl (C=O) groups excluding carboxylic acids is 1. The van der Waals surface area contributed by atoms with Crippen molar-refractivity contribution in [3.8, 4) is 11.5 Å². The summed E-state index contributed by atoms with van der Waals surface area (Å²) in [5.74, 6) is 0.435. The Labute approximate surface area is 161 Å². The number of carbonyl (C=O) groups is 1. The highest BCUT2D eigenvalue weighted by molar-refractivity contribution is 6.35. The minimum atomic E-state index is -0.387. The van der Waals surface area contributed by atoms with Crippen molar-refractivity contribution in [1.29, 1.82) is 0 Å². The van der Waals surface area contributed by atoms with Crippen LogP contribution in [-0.4, -0.2) is 31.7 Å². The normalized spacial score (nSPS) is 10.9. The van der Waals surface area contributed by atoms with Crippen LogP contribution >= 0.6 is 11.6 Å². The number of methoxy groups -OCH3 is 2. The number of aromatic nitrogens is 1. The third kappa shape index (κ3) is 3.85. The maximum Gasteiger partial charge on any atom is 0.251 e. The second-order valence-corrected chi connectivity index (χ2v) is 6.52. The van der Waals surface area contributed by atoms with Gasteiger partial charge in [0.2, 0.25) is 0 Å². The summed E-state index contributed by atoms with van der Waals surface area (Å²) in [6.45, 7) is 2.30. The van der Waals surface area contributed by atoms with Gasteiger partial charge >= 0.3 is 0 Å². The number of amides is 1. The quantitative estimate of drug-likeness (QED) is 0.661. The monoisotopic (exact) mass is 390 g/mol. The molecular formula is C20H20ClFN2O3. The topological polar surface area (TPSA) is 63.3 Å². The molecule has 0 aliphatic carbocycles. The Morgan fingerprint density at radius 2 is 1.93 bits per heavy atom. The van der Waals surface area contributed by atoms with Crippen molar-refractivity contribution in [1.82, 2.24) is 10.3 Å². The molecule has 0 saturated carbocycles. The summed E-state index contributed by atoms with van der Waals surface area (Å²) in [7, 11) is 3.06. The van der Waals surface area contributed by atoms with Gasteiger partial charge in [0.05, 0.1) is 24.8 Å². The van der Waals surface area contributed by atoms with Gasteiger partial charge in [0.15, 0.2) is 11.5 Å². The lowest BCUT2D eigenvalue weighted by atomic mass is 10.1. The molecule has 0 spiro atoms. The third-order valence-corrected chi connectivity index (χ3v) is 4.75. The van der Waals surface area contributed by atoms with Crippen LogP contribution in [0.15, 0.2) is 30.3 Å². The van der Waals surface area contributed by atoms with E-state index in [0.29, 0.717) is 40.6 Å². The summed E-state index contributed by atoms with van der Waals surface area (Å²) in [6, 6.07) is 7.71. The van der Waals surface area contributed by atoms with Gasteiger partial charge in [0, 0.05) is 23.2 Å². The predicted octanol–water partition coefficient (Wildman–Crippen LogP) is 4.26. The molecule has 0 fully saturated rings. The Morgan fingerprint density at radius 1 is 1.19 bits per heavy atom. The van der Waals surface area contributed by atoms with Gasteiger partial charge in [-0.15, -0.1) is 0 Å². The van der Waals surface area contributed by atoms with Crippen molar-refractivity contribution in [2.45, 2.75) is 13.3 Å². The minimum Gasteiger partial charge on any atom is -0.493 e. The molecule has 0 bridgehead atoms. The van der Waals surface area contributed by atoms with Gasteiger partial charge in [-0.25, -0.2) is 4.39 Å². The molecule has 0 aliphatic heterocycles. The number of hydrogen-bond donors (Lipinski definition) is 2. The van der Waals surface area contributed by atoms with Gasteiger partial charge in [-0.2, -0.15) is 0 Å². The molecule has 27 heavy (non-hydrogen) atoms. The average molecular weight is 391 g/mol. The van der Waals surface area contributed by atoms with Crippen LogP contribution in [0, 0.1) is 12.7 Å². The van der Waals surface area contributed by atoms with Crippen LogP contribution in [-0.2, 0) is 6.42 Å². The number of H-pyrrole nitrogens is 1. The minimum absolute atomic E-state index is 0.224. The average Bonchev–Trinajstić information content (AvgIpc) is 2.97. The molecule has 1 aromatic heterocycles. The summed E-state index contributed by atoms with van der Waals surface area (Å²) in [4.78, 5) is 15.6. The van der Waals surface area contributed by atoms with Crippen LogP contribution in [0.5, 0.6) is 11.5 Å². The molecule has 0 radical (unpaired) electrons. The zero-order chi connectivity index (χ0) is 19.6. The lowest BCUT2D eigenvalue weighted by Crippen LogP contribution is -2.25. The Morgan fingerprint density at radius 3 is 2.63 bits per heavy atom. The highest BCUT2D eigenvalue weighted by atomic mass is 35.5. The molecule has 5 nitrogen and oxygen atoms in total. The Kier molecular flexibility index (Phi) is 5.56. The Hall–Kier alpha value is -2.73. The standard InChI is InChI=1S/C20H20ClFN2O3/c1-11-14(15-9-13(22)10-16(21)19(15)24-11)6-7-23-20(25)12-4-5-17(26-2)18(8-12)27-3/h4-5,8-10,24H,6-7H2,1-3H3,(H,23,25). The van der Waals surface area contributed by atoms with E-state index in [9.17, 15) is 9.18 Å². The lowest BCUT2D eigenvalue weighted by Gasteiger charge is -2.10. The van der Waals surface area contributed by atoms with Crippen molar-refractivity contribution in [3.63, 3.8) is 0 Å². The molecule has 0 aliphatic rings. The van der Waals surface area contributed by atoms with Crippen molar-refractivity contribution in [3.05, 3.63) is 58.0 Å². The number of nitrogens with one attached hydrogen (secondary N) is 2. The highest BCUT2D eigenvalue weighted by Crippen LogP contribution is 2.30. The van der Waals surface area contributed by atoms with Gasteiger partial charge < -0.3 is 19.8 Å². The number of aryl methyl sites for hydroxylation is 1. The predicted molar refractivity (Wildman–Crippen MR) is 104 cm³/mol. The number of benzene rings is 2. The number of halogens is 2. The summed E-state index contributed by atoms with van der Waals surface area (Å²) in [6.07, 6.45) is 0.546. The molecule has 7 heteroatoms. The van der Waals surface area contributed by atoms with E-state index in [2.05, 4.69) is 10.3 Å². The summed E-state index contributed by atoms with van der Waals surface area (Å²) in [5, 5.41) is 3.95. The van der Waals surface area contributed by atoms with E-state index in [1.54, 1.807) is 18.2 Å².